The first kappa shape index (κ1) is 13.8. The van der Waals surface area contributed by atoms with Gasteiger partial charge in [0.1, 0.15) is 11.6 Å². The van der Waals surface area contributed by atoms with Crippen LogP contribution in [0.3, 0.4) is 0 Å². The molecular formula is C14H18BrFO2. The lowest BCUT2D eigenvalue weighted by Crippen LogP contribution is -2.12. The van der Waals surface area contributed by atoms with Crippen molar-refractivity contribution in [1.29, 1.82) is 0 Å². The highest BCUT2D eigenvalue weighted by molar-refractivity contribution is 9.09. The third kappa shape index (κ3) is 3.45. The van der Waals surface area contributed by atoms with Crippen molar-refractivity contribution in [2.45, 2.75) is 37.9 Å². The summed E-state index contributed by atoms with van der Waals surface area (Å²) in [7, 11) is 1.61. The summed E-state index contributed by atoms with van der Waals surface area (Å²) in [6.45, 7) is 0. The Labute approximate surface area is 116 Å². The zero-order chi connectivity index (χ0) is 13.0. The van der Waals surface area contributed by atoms with Gasteiger partial charge in [0.05, 0.1) is 19.3 Å². The zero-order valence-electron chi connectivity index (χ0n) is 10.5. The molecule has 2 nitrogen and oxygen atoms in total. The molecule has 1 aromatic rings. The molecule has 2 rings (SSSR count). The van der Waals surface area contributed by atoms with Crippen molar-refractivity contribution in [3.05, 3.63) is 29.6 Å². The minimum Gasteiger partial charge on any atom is -0.496 e. The number of methoxy groups -OCH3 is 1. The van der Waals surface area contributed by atoms with E-state index in [1.807, 2.05) is 0 Å². The molecule has 1 aromatic carbocycles. The second-order valence-corrected chi connectivity index (χ2v) is 5.25. The molecule has 0 radical (unpaired) electrons. The van der Waals surface area contributed by atoms with E-state index in [-0.39, 0.29) is 5.82 Å². The van der Waals surface area contributed by atoms with Gasteiger partial charge in [0.15, 0.2) is 0 Å². The van der Waals surface area contributed by atoms with E-state index in [2.05, 4.69) is 15.9 Å². The van der Waals surface area contributed by atoms with Crippen LogP contribution in [0.15, 0.2) is 18.2 Å². The molecule has 1 aliphatic rings. The van der Waals surface area contributed by atoms with Gasteiger partial charge in [-0.2, -0.15) is 0 Å². The predicted octanol–water partition coefficient (Wildman–Crippen LogP) is 3.71. The quantitative estimate of drug-likeness (QED) is 0.771. The largest absolute Gasteiger partial charge is 0.496 e. The van der Waals surface area contributed by atoms with Gasteiger partial charge in [-0.15, -0.1) is 0 Å². The maximum Gasteiger partial charge on any atom is 0.123 e. The summed E-state index contributed by atoms with van der Waals surface area (Å²) in [5.74, 6) is 0.544. The highest BCUT2D eigenvalue weighted by Crippen LogP contribution is 2.27. The van der Waals surface area contributed by atoms with E-state index in [0.717, 1.165) is 42.3 Å². The number of hydrogen-bond acceptors (Lipinski definition) is 2. The molecule has 0 unspecified atom stereocenters. The molecule has 0 aromatic heterocycles. The van der Waals surface area contributed by atoms with E-state index < -0.39 is 0 Å². The van der Waals surface area contributed by atoms with Crippen LogP contribution in [0.2, 0.25) is 0 Å². The Bertz CT molecular complexity index is 397. The van der Waals surface area contributed by atoms with Gasteiger partial charge in [0, 0.05) is 5.33 Å². The van der Waals surface area contributed by atoms with E-state index in [1.54, 1.807) is 19.2 Å². The van der Waals surface area contributed by atoms with Crippen molar-refractivity contribution in [2.24, 2.45) is 0 Å². The van der Waals surface area contributed by atoms with Crippen LogP contribution in [0, 0.1) is 5.82 Å². The molecule has 2 atom stereocenters. The molecule has 1 saturated heterocycles. The van der Waals surface area contributed by atoms with Crippen molar-refractivity contribution in [1.82, 2.24) is 0 Å². The number of hydrogen-bond donors (Lipinski definition) is 0. The Morgan fingerprint density at radius 3 is 2.83 bits per heavy atom. The minimum absolute atomic E-state index is 0.212. The van der Waals surface area contributed by atoms with Gasteiger partial charge in [-0.05, 0) is 49.4 Å². The van der Waals surface area contributed by atoms with Gasteiger partial charge >= 0.3 is 0 Å². The van der Waals surface area contributed by atoms with Gasteiger partial charge < -0.3 is 9.47 Å². The highest BCUT2D eigenvalue weighted by atomic mass is 79.9. The highest BCUT2D eigenvalue weighted by Gasteiger charge is 2.24. The Balaban J connectivity index is 1.92. The fourth-order valence-corrected chi connectivity index (χ4v) is 2.84. The number of alkyl halides is 1. The van der Waals surface area contributed by atoms with E-state index in [9.17, 15) is 4.39 Å². The second-order valence-electron chi connectivity index (χ2n) is 4.61. The number of aryl methyl sites for hydroxylation is 1. The second kappa shape index (κ2) is 6.53. The summed E-state index contributed by atoms with van der Waals surface area (Å²) in [6, 6.07) is 4.66. The van der Waals surface area contributed by atoms with Crippen molar-refractivity contribution in [3.8, 4) is 5.75 Å². The molecule has 0 aliphatic carbocycles. The summed E-state index contributed by atoms with van der Waals surface area (Å²) >= 11 is 3.44. The van der Waals surface area contributed by atoms with Crippen molar-refractivity contribution < 1.29 is 13.9 Å². The number of halogens is 2. The smallest absolute Gasteiger partial charge is 0.123 e. The van der Waals surface area contributed by atoms with Crippen molar-refractivity contribution >= 4 is 15.9 Å². The first-order valence-corrected chi connectivity index (χ1v) is 7.39. The summed E-state index contributed by atoms with van der Waals surface area (Å²) in [4.78, 5) is 0. The maximum absolute atomic E-state index is 13.2. The third-order valence-corrected chi connectivity index (χ3v) is 4.07. The normalized spacial score (nSPS) is 23.3. The molecule has 0 bridgehead atoms. The van der Waals surface area contributed by atoms with Crippen molar-refractivity contribution in [2.75, 3.05) is 12.4 Å². The Morgan fingerprint density at radius 2 is 2.17 bits per heavy atom. The van der Waals surface area contributed by atoms with Crippen LogP contribution in [0.5, 0.6) is 5.75 Å². The summed E-state index contributed by atoms with van der Waals surface area (Å²) < 4.78 is 24.3. The first-order valence-electron chi connectivity index (χ1n) is 6.26. The molecule has 0 N–H and O–H groups in total. The van der Waals surface area contributed by atoms with Crippen LogP contribution in [-0.4, -0.2) is 24.6 Å². The number of ether oxygens (including phenoxy) is 2. The molecule has 100 valence electrons. The molecular weight excluding hydrogens is 299 g/mol. The molecule has 4 heteroatoms. The first-order chi connectivity index (χ1) is 8.72. The standard InChI is InChI=1S/C14H18BrFO2/c1-17-14-7-3-11(16)8-10(14)2-4-12-5-6-13(9-15)18-12/h3,7-8,12-13H,2,4-6,9H2,1H3/t12-,13+/m1/s1. The van der Waals surface area contributed by atoms with Crippen LogP contribution in [-0.2, 0) is 11.2 Å². The molecule has 1 aliphatic heterocycles. The average molecular weight is 317 g/mol. The molecule has 1 heterocycles. The van der Waals surface area contributed by atoms with Crippen LogP contribution in [0.4, 0.5) is 4.39 Å². The van der Waals surface area contributed by atoms with Gasteiger partial charge in [-0.3, -0.25) is 0 Å². The average Bonchev–Trinajstić information content (AvgIpc) is 2.84. The van der Waals surface area contributed by atoms with Gasteiger partial charge in [-0.1, -0.05) is 15.9 Å². The summed E-state index contributed by atoms with van der Waals surface area (Å²) in [5, 5.41) is 0.896. The van der Waals surface area contributed by atoms with Gasteiger partial charge in [0.2, 0.25) is 0 Å². The zero-order valence-corrected chi connectivity index (χ0v) is 12.1. The van der Waals surface area contributed by atoms with E-state index in [1.165, 1.54) is 6.07 Å². The SMILES string of the molecule is COc1ccc(F)cc1CC[C@@H]1CC[C@@H](CBr)O1. The number of rotatable bonds is 5. The van der Waals surface area contributed by atoms with Crippen molar-refractivity contribution in [3.63, 3.8) is 0 Å². The molecule has 1 fully saturated rings. The van der Waals surface area contributed by atoms with Gasteiger partial charge in [0.25, 0.3) is 0 Å². The van der Waals surface area contributed by atoms with E-state index in [0.29, 0.717) is 12.2 Å². The molecule has 0 spiro atoms. The maximum atomic E-state index is 13.2. The fraction of sp³-hybridized carbons (Fsp3) is 0.571. The fourth-order valence-electron chi connectivity index (χ4n) is 2.36. The Kier molecular flexibility index (Phi) is 5.01. The molecule has 0 amide bonds. The van der Waals surface area contributed by atoms with E-state index >= 15 is 0 Å². The predicted molar refractivity (Wildman–Crippen MR) is 73.0 cm³/mol. The monoisotopic (exact) mass is 316 g/mol. The Morgan fingerprint density at radius 1 is 1.39 bits per heavy atom. The van der Waals surface area contributed by atoms with E-state index in [4.69, 9.17) is 9.47 Å². The lowest BCUT2D eigenvalue weighted by atomic mass is 10.0. The molecule has 0 saturated carbocycles. The van der Waals surface area contributed by atoms with Crippen LogP contribution in [0.1, 0.15) is 24.8 Å². The van der Waals surface area contributed by atoms with Crippen LogP contribution >= 0.6 is 15.9 Å². The van der Waals surface area contributed by atoms with Crippen LogP contribution in [0.25, 0.3) is 0 Å². The Hall–Kier alpha value is -0.610. The lowest BCUT2D eigenvalue weighted by molar-refractivity contribution is 0.0542. The minimum atomic E-state index is -0.212. The summed E-state index contributed by atoms with van der Waals surface area (Å²) in [5.41, 5.74) is 0.920. The van der Waals surface area contributed by atoms with Gasteiger partial charge in [-0.25, -0.2) is 4.39 Å². The topological polar surface area (TPSA) is 18.5 Å². The lowest BCUT2D eigenvalue weighted by Gasteiger charge is -2.13. The summed E-state index contributed by atoms with van der Waals surface area (Å²) in [6.07, 6.45) is 4.54. The molecule has 18 heavy (non-hydrogen) atoms. The number of benzene rings is 1. The van der Waals surface area contributed by atoms with Crippen LogP contribution < -0.4 is 4.74 Å². The third-order valence-electron chi connectivity index (χ3n) is 3.35.